The van der Waals surface area contributed by atoms with Crippen LogP contribution < -0.4 is 5.73 Å². The van der Waals surface area contributed by atoms with Gasteiger partial charge in [0.05, 0.1) is 0 Å². The number of hydrogen-bond donors (Lipinski definition) is 1. The zero-order valence-electron chi connectivity index (χ0n) is 9.86. The molecule has 0 bridgehead atoms. The standard InChI is InChI=1S/C13H16ClN3/c1-2-6-17-7-5-16-13(17)10-3-4-12(14)11(8-10)9-15/h3-5,7-8H,2,6,9,15H2,1H3. The quantitative estimate of drug-likeness (QED) is 0.905. The van der Waals surface area contributed by atoms with Crippen molar-refractivity contribution in [3.63, 3.8) is 0 Å². The first-order valence-electron chi connectivity index (χ1n) is 5.76. The third-order valence-corrected chi connectivity index (χ3v) is 3.07. The lowest BCUT2D eigenvalue weighted by molar-refractivity contribution is 0.685. The van der Waals surface area contributed by atoms with E-state index < -0.39 is 0 Å². The first-order valence-corrected chi connectivity index (χ1v) is 6.14. The Bertz CT molecular complexity index is 505. The number of halogens is 1. The third-order valence-electron chi connectivity index (χ3n) is 2.70. The van der Waals surface area contributed by atoms with Gasteiger partial charge < -0.3 is 10.3 Å². The molecule has 0 unspecified atom stereocenters. The predicted octanol–water partition coefficient (Wildman–Crippen LogP) is 3.07. The maximum absolute atomic E-state index is 6.05. The summed E-state index contributed by atoms with van der Waals surface area (Å²) in [5.74, 6) is 0.971. The molecule has 1 aromatic carbocycles. The van der Waals surface area contributed by atoms with Gasteiger partial charge >= 0.3 is 0 Å². The van der Waals surface area contributed by atoms with Crippen LogP contribution in [0.2, 0.25) is 5.02 Å². The van der Waals surface area contributed by atoms with E-state index in [-0.39, 0.29) is 0 Å². The minimum absolute atomic E-state index is 0.446. The Morgan fingerprint density at radius 3 is 2.94 bits per heavy atom. The van der Waals surface area contributed by atoms with E-state index >= 15 is 0 Å². The molecule has 0 saturated carbocycles. The first-order chi connectivity index (χ1) is 8.26. The highest BCUT2D eigenvalue weighted by Gasteiger charge is 2.07. The van der Waals surface area contributed by atoms with Crippen molar-refractivity contribution in [2.24, 2.45) is 5.73 Å². The average molecular weight is 250 g/mol. The molecule has 4 heteroatoms. The molecule has 0 saturated heterocycles. The Morgan fingerprint density at radius 1 is 1.41 bits per heavy atom. The summed E-state index contributed by atoms with van der Waals surface area (Å²) in [6.07, 6.45) is 4.90. The van der Waals surface area contributed by atoms with Crippen LogP contribution in [-0.2, 0) is 13.1 Å². The summed E-state index contributed by atoms with van der Waals surface area (Å²) >= 11 is 6.05. The fourth-order valence-electron chi connectivity index (χ4n) is 1.86. The van der Waals surface area contributed by atoms with Gasteiger partial charge in [0, 0.05) is 36.1 Å². The largest absolute Gasteiger partial charge is 0.331 e. The SMILES string of the molecule is CCCn1ccnc1-c1ccc(Cl)c(CN)c1. The minimum Gasteiger partial charge on any atom is -0.331 e. The fraction of sp³-hybridized carbons (Fsp3) is 0.308. The molecule has 0 amide bonds. The second-order valence-corrected chi connectivity index (χ2v) is 4.36. The highest BCUT2D eigenvalue weighted by atomic mass is 35.5. The third kappa shape index (κ3) is 2.51. The van der Waals surface area contributed by atoms with Gasteiger partial charge in [-0.05, 0) is 30.2 Å². The van der Waals surface area contributed by atoms with Crippen molar-refractivity contribution in [1.29, 1.82) is 0 Å². The molecule has 0 atom stereocenters. The summed E-state index contributed by atoms with van der Waals surface area (Å²) < 4.78 is 2.14. The van der Waals surface area contributed by atoms with Gasteiger partial charge in [-0.2, -0.15) is 0 Å². The topological polar surface area (TPSA) is 43.8 Å². The van der Waals surface area contributed by atoms with Crippen molar-refractivity contribution in [3.8, 4) is 11.4 Å². The van der Waals surface area contributed by atoms with Crippen molar-refractivity contribution in [1.82, 2.24) is 9.55 Å². The molecule has 0 aliphatic heterocycles. The Hall–Kier alpha value is -1.32. The summed E-state index contributed by atoms with van der Waals surface area (Å²) in [6.45, 7) is 3.56. The van der Waals surface area contributed by atoms with Crippen molar-refractivity contribution in [2.45, 2.75) is 26.4 Å². The second-order valence-electron chi connectivity index (χ2n) is 3.95. The lowest BCUT2D eigenvalue weighted by atomic mass is 10.1. The van der Waals surface area contributed by atoms with Crippen LogP contribution in [0.25, 0.3) is 11.4 Å². The van der Waals surface area contributed by atoms with Crippen molar-refractivity contribution < 1.29 is 0 Å². The number of nitrogens with two attached hydrogens (primary N) is 1. The molecule has 1 heterocycles. The Balaban J connectivity index is 2.42. The van der Waals surface area contributed by atoms with Gasteiger partial charge in [-0.3, -0.25) is 0 Å². The molecule has 2 N–H and O–H groups in total. The molecule has 17 heavy (non-hydrogen) atoms. The average Bonchev–Trinajstić information content (AvgIpc) is 2.78. The van der Waals surface area contributed by atoms with Crippen LogP contribution in [0.5, 0.6) is 0 Å². The molecule has 3 nitrogen and oxygen atoms in total. The second kappa shape index (κ2) is 5.34. The van der Waals surface area contributed by atoms with E-state index in [4.69, 9.17) is 17.3 Å². The summed E-state index contributed by atoms with van der Waals surface area (Å²) in [6, 6.07) is 5.87. The van der Waals surface area contributed by atoms with E-state index in [1.54, 1.807) is 0 Å². The van der Waals surface area contributed by atoms with Crippen LogP contribution in [0.15, 0.2) is 30.6 Å². The summed E-state index contributed by atoms with van der Waals surface area (Å²) in [5, 5.41) is 0.713. The molecule has 0 spiro atoms. The first kappa shape index (κ1) is 12.1. The van der Waals surface area contributed by atoms with Gasteiger partial charge in [-0.15, -0.1) is 0 Å². The van der Waals surface area contributed by atoms with Gasteiger partial charge in [-0.1, -0.05) is 18.5 Å². The van der Waals surface area contributed by atoms with Crippen molar-refractivity contribution >= 4 is 11.6 Å². The van der Waals surface area contributed by atoms with E-state index in [0.29, 0.717) is 11.6 Å². The number of benzene rings is 1. The van der Waals surface area contributed by atoms with E-state index in [9.17, 15) is 0 Å². The molecule has 0 aliphatic rings. The Labute approximate surface area is 106 Å². The van der Waals surface area contributed by atoms with E-state index in [1.807, 2.05) is 30.6 Å². The normalized spacial score (nSPS) is 10.8. The molecule has 2 rings (SSSR count). The molecule has 0 radical (unpaired) electrons. The number of rotatable bonds is 4. The number of aromatic nitrogens is 2. The van der Waals surface area contributed by atoms with Crippen LogP contribution in [0.1, 0.15) is 18.9 Å². The highest BCUT2D eigenvalue weighted by molar-refractivity contribution is 6.31. The molecule has 1 aromatic heterocycles. The summed E-state index contributed by atoms with van der Waals surface area (Å²) in [4.78, 5) is 4.39. The zero-order valence-corrected chi connectivity index (χ0v) is 10.6. The van der Waals surface area contributed by atoms with Crippen molar-refractivity contribution in [2.75, 3.05) is 0 Å². The van der Waals surface area contributed by atoms with Crippen LogP contribution in [0.4, 0.5) is 0 Å². The fourth-order valence-corrected chi connectivity index (χ4v) is 2.06. The van der Waals surface area contributed by atoms with Crippen LogP contribution >= 0.6 is 11.6 Å². The zero-order chi connectivity index (χ0) is 12.3. The number of imidazole rings is 1. The lowest BCUT2D eigenvalue weighted by Crippen LogP contribution is -2.01. The molecule has 0 aliphatic carbocycles. The monoisotopic (exact) mass is 249 g/mol. The predicted molar refractivity (Wildman–Crippen MR) is 70.9 cm³/mol. The van der Waals surface area contributed by atoms with Crippen LogP contribution in [0.3, 0.4) is 0 Å². The van der Waals surface area contributed by atoms with Gasteiger partial charge in [0.1, 0.15) is 5.82 Å². The summed E-state index contributed by atoms with van der Waals surface area (Å²) in [7, 11) is 0. The molecular weight excluding hydrogens is 234 g/mol. The Kier molecular flexibility index (Phi) is 3.82. The molecule has 0 fully saturated rings. The van der Waals surface area contributed by atoms with Crippen LogP contribution in [0, 0.1) is 0 Å². The smallest absolute Gasteiger partial charge is 0.139 e. The van der Waals surface area contributed by atoms with Crippen LogP contribution in [-0.4, -0.2) is 9.55 Å². The van der Waals surface area contributed by atoms with Crippen molar-refractivity contribution in [3.05, 3.63) is 41.2 Å². The summed E-state index contributed by atoms with van der Waals surface area (Å²) in [5.41, 5.74) is 7.68. The maximum atomic E-state index is 6.05. The van der Waals surface area contributed by atoms with Gasteiger partial charge in [0.25, 0.3) is 0 Å². The van der Waals surface area contributed by atoms with Gasteiger partial charge in [0.2, 0.25) is 0 Å². The molecule has 90 valence electrons. The molecular formula is C13H16ClN3. The van der Waals surface area contributed by atoms with E-state index in [1.165, 1.54) is 0 Å². The van der Waals surface area contributed by atoms with E-state index in [2.05, 4.69) is 16.5 Å². The lowest BCUT2D eigenvalue weighted by Gasteiger charge is -2.08. The number of hydrogen-bond acceptors (Lipinski definition) is 2. The minimum atomic E-state index is 0.446. The van der Waals surface area contributed by atoms with Gasteiger partial charge in [0.15, 0.2) is 0 Å². The maximum Gasteiger partial charge on any atom is 0.139 e. The number of aryl methyl sites for hydroxylation is 1. The van der Waals surface area contributed by atoms with E-state index in [0.717, 1.165) is 29.9 Å². The molecule has 2 aromatic rings. The highest BCUT2D eigenvalue weighted by Crippen LogP contribution is 2.24. The number of nitrogens with zero attached hydrogens (tertiary/aromatic N) is 2. The van der Waals surface area contributed by atoms with Gasteiger partial charge in [-0.25, -0.2) is 4.98 Å². The Morgan fingerprint density at radius 2 is 2.24 bits per heavy atom.